The second-order valence-corrected chi connectivity index (χ2v) is 10.8. The van der Waals surface area contributed by atoms with Gasteiger partial charge in [-0.3, -0.25) is 15.5 Å². The summed E-state index contributed by atoms with van der Waals surface area (Å²) in [6.45, 7) is 5.84. The molecule has 0 amide bonds. The van der Waals surface area contributed by atoms with Gasteiger partial charge in [-0.15, -0.1) is 0 Å². The van der Waals surface area contributed by atoms with Gasteiger partial charge in [0, 0.05) is 37.2 Å². The molecule has 3 saturated carbocycles. The maximum atomic E-state index is 7.00. The molecule has 1 heterocycles. The number of fused-ring (bicyclic) bond motifs is 3. The molecule has 1 aliphatic heterocycles. The van der Waals surface area contributed by atoms with Gasteiger partial charge in [0.2, 0.25) is 0 Å². The third-order valence-electron chi connectivity index (χ3n) is 9.30. The van der Waals surface area contributed by atoms with Crippen LogP contribution < -0.4 is 10.6 Å². The highest BCUT2D eigenvalue weighted by molar-refractivity contribution is 5.42. The fraction of sp³-hybridized carbons (Fsp3) is 0.846. The number of aliphatic hydroxyl groups is 1. The van der Waals surface area contributed by atoms with Gasteiger partial charge in [0.05, 0.1) is 6.17 Å². The van der Waals surface area contributed by atoms with Crippen LogP contribution >= 0.6 is 0 Å². The molecule has 2 bridgehead atoms. The maximum absolute atomic E-state index is 7.00. The van der Waals surface area contributed by atoms with E-state index in [4.69, 9.17) is 5.11 Å². The third kappa shape index (κ3) is 4.18. The molecule has 0 aromatic heterocycles. The molecule has 0 radical (unpaired) electrons. The third-order valence-corrected chi connectivity index (χ3v) is 9.30. The van der Waals surface area contributed by atoms with Crippen molar-refractivity contribution in [2.45, 2.75) is 108 Å². The average molecular weight is 416 g/mol. The van der Waals surface area contributed by atoms with E-state index in [1.54, 1.807) is 16.7 Å². The minimum absolute atomic E-state index is 0.448. The lowest BCUT2D eigenvalue weighted by Gasteiger charge is -2.46. The molecule has 4 fully saturated rings. The lowest BCUT2D eigenvalue weighted by molar-refractivity contribution is 0.0513. The molecule has 0 aromatic carbocycles. The number of nitrogens with zero attached hydrogens (tertiary/aromatic N) is 1. The molecule has 0 aromatic rings. The first kappa shape index (κ1) is 22.5. The van der Waals surface area contributed by atoms with Gasteiger partial charge in [0.15, 0.2) is 0 Å². The summed E-state index contributed by atoms with van der Waals surface area (Å²) in [5.74, 6) is 1.64. The SMILES string of the molecule is CC1=C2C(=CCC1)CNC(NC1CCC(N(C)C34CCC(CC3)C4)CC1)C2C.CO. The quantitative estimate of drug-likeness (QED) is 0.638. The Bertz CT molecular complexity index is 653. The number of hydrogen-bond donors (Lipinski definition) is 3. The van der Waals surface area contributed by atoms with E-state index in [9.17, 15) is 0 Å². The van der Waals surface area contributed by atoms with Crippen molar-refractivity contribution in [1.82, 2.24) is 15.5 Å². The number of piperidine rings is 1. The summed E-state index contributed by atoms with van der Waals surface area (Å²) in [4.78, 5) is 2.85. The standard InChI is InChI=1S/C25H41N3.CH4O/c1-17-5-4-6-20-16-26-24(18(2)23(17)20)27-21-7-9-22(10-8-21)28(3)25-13-11-19(15-25)12-14-25;1-2/h6,18-19,21-22,24,26-27H,4-5,7-16H2,1-3H3;2H,1H3. The first-order chi connectivity index (χ1) is 14.6. The molecular formula is C26H45N3O. The Labute approximate surface area is 184 Å². The average Bonchev–Trinajstić information content (AvgIpc) is 3.40. The summed E-state index contributed by atoms with van der Waals surface area (Å²) < 4.78 is 0. The van der Waals surface area contributed by atoms with Gasteiger partial charge in [-0.1, -0.05) is 18.6 Å². The predicted octanol–water partition coefficient (Wildman–Crippen LogP) is 4.36. The Kier molecular flexibility index (Phi) is 7.08. The van der Waals surface area contributed by atoms with E-state index in [0.717, 1.165) is 25.6 Å². The molecule has 4 nitrogen and oxygen atoms in total. The van der Waals surface area contributed by atoms with Gasteiger partial charge in [-0.2, -0.15) is 0 Å². The van der Waals surface area contributed by atoms with Crippen molar-refractivity contribution in [1.29, 1.82) is 0 Å². The Hall–Kier alpha value is -0.680. The number of nitrogens with one attached hydrogen (secondary N) is 2. The van der Waals surface area contributed by atoms with Crippen LogP contribution in [0.15, 0.2) is 22.8 Å². The fourth-order valence-electron chi connectivity index (χ4n) is 7.52. The van der Waals surface area contributed by atoms with Gasteiger partial charge in [0.1, 0.15) is 0 Å². The highest BCUT2D eigenvalue weighted by Crippen LogP contribution is 2.52. The first-order valence-electron chi connectivity index (χ1n) is 12.6. The van der Waals surface area contributed by atoms with Crippen LogP contribution in [-0.2, 0) is 0 Å². The zero-order valence-corrected chi connectivity index (χ0v) is 19.8. The number of aliphatic hydroxyl groups excluding tert-OH is 1. The number of hydrogen-bond acceptors (Lipinski definition) is 4. The van der Waals surface area contributed by atoms with E-state index in [2.05, 4.69) is 42.5 Å². The summed E-state index contributed by atoms with van der Waals surface area (Å²) in [5, 5.41) is 14.8. The van der Waals surface area contributed by atoms with Crippen LogP contribution in [0.25, 0.3) is 0 Å². The summed E-state index contributed by atoms with van der Waals surface area (Å²) in [6.07, 6.45) is 18.3. The second-order valence-electron chi connectivity index (χ2n) is 10.8. The lowest BCUT2D eigenvalue weighted by atomic mass is 9.79. The van der Waals surface area contributed by atoms with Crippen LogP contribution in [0.3, 0.4) is 0 Å². The van der Waals surface area contributed by atoms with E-state index in [-0.39, 0.29) is 0 Å². The zero-order valence-electron chi connectivity index (χ0n) is 19.8. The number of allylic oxidation sites excluding steroid dienone is 2. The summed E-state index contributed by atoms with van der Waals surface area (Å²) in [5.41, 5.74) is 5.45. The second kappa shape index (κ2) is 9.44. The Balaban J connectivity index is 0.00000106. The highest BCUT2D eigenvalue weighted by atomic mass is 16.2. The van der Waals surface area contributed by atoms with Gasteiger partial charge in [0.25, 0.3) is 0 Å². The fourth-order valence-corrected chi connectivity index (χ4v) is 7.52. The molecule has 2 atom stereocenters. The maximum Gasteiger partial charge on any atom is 0.0644 e. The highest BCUT2D eigenvalue weighted by Gasteiger charge is 2.49. The largest absolute Gasteiger partial charge is 0.400 e. The van der Waals surface area contributed by atoms with E-state index in [1.807, 2.05) is 0 Å². The van der Waals surface area contributed by atoms with Crippen molar-refractivity contribution in [2.24, 2.45) is 11.8 Å². The molecule has 5 rings (SSSR count). The van der Waals surface area contributed by atoms with Crippen LogP contribution in [0.4, 0.5) is 0 Å². The Morgan fingerprint density at radius 1 is 1.10 bits per heavy atom. The van der Waals surface area contributed by atoms with Gasteiger partial charge in [-0.05, 0) is 102 Å². The molecule has 30 heavy (non-hydrogen) atoms. The van der Waals surface area contributed by atoms with E-state index in [1.165, 1.54) is 70.6 Å². The van der Waals surface area contributed by atoms with Crippen LogP contribution in [0.1, 0.15) is 84.5 Å². The van der Waals surface area contributed by atoms with E-state index < -0.39 is 0 Å². The molecule has 5 aliphatic rings. The van der Waals surface area contributed by atoms with Gasteiger partial charge >= 0.3 is 0 Å². The number of rotatable bonds is 4. The molecule has 4 aliphatic carbocycles. The molecule has 2 unspecified atom stereocenters. The van der Waals surface area contributed by atoms with Crippen molar-refractivity contribution in [3.8, 4) is 0 Å². The summed E-state index contributed by atoms with van der Waals surface area (Å²) >= 11 is 0. The van der Waals surface area contributed by atoms with Crippen LogP contribution in [-0.4, -0.2) is 54.5 Å². The minimum atomic E-state index is 0.448. The molecule has 1 saturated heterocycles. The Morgan fingerprint density at radius 3 is 2.43 bits per heavy atom. The van der Waals surface area contributed by atoms with Gasteiger partial charge in [-0.25, -0.2) is 0 Å². The van der Waals surface area contributed by atoms with Crippen molar-refractivity contribution < 1.29 is 5.11 Å². The summed E-state index contributed by atoms with van der Waals surface area (Å²) in [6, 6.07) is 1.52. The van der Waals surface area contributed by atoms with Gasteiger partial charge < -0.3 is 5.11 Å². The van der Waals surface area contributed by atoms with Crippen molar-refractivity contribution in [3.63, 3.8) is 0 Å². The van der Waals surface area contributed by atoms with Crippen LogP contribution in [0, 0.1) is 11.8 Å². The molecule has 3 N–H and O–H groups in total. The summed E-state index contributed by atoms with van der Waals surface area (Å²) in [7, 11) is 3.46. The smallest absolute Gasteiger partial charge is 0.0644 e. The zero-order chi connectivity index (χ0) is 21.3. The predicted molar refractivity (Wildman–Crippen MR) is 125 cm³/mol. The molecule has 0 spiro atoms. The minimum Gasteiger partial charge on any atom is -0.400 e. The van der Waals surface area contributed by atoms with Crippen LogP contribution in [0.2, 0.25) is 0 Å². The first-order valence-corrected chi connectivity index (χ1v) is 12.6. The Morgan fingerprint density at radius 2 is 1.80 bits per heavy atom. The topological polar surface area (TPSA) is 47.5 Å². The van der Waals surface area contributed by atoms with E-state index >= 15 is 0 Å². The lowest BCUT2D eigenvalue weighted by Crippen LogP contribution is -2.57. The monoisotopic (exact) mass is 415 g/mol. The van der Waals surface area contributed by atoms with Crippen molar-refractivity contribution in [3.05, 3.63) is 22.8 Å². The normalized spacial score (nSPS) is 40.7. The molecule has 4 heteroatoms. The van der Waals surface area contributed by atoms with Crippen molar-refractivity contribution >= 4 is 0 Å². The van der Waals surface area contributed by atoms with E-state index in [0.29, 0.717) is 23.7 Å². The van der Waals surface area contributed by atoms with Crippen molar-refractivity contribution in [2.75, 3.05) is 20.7 Å². The molecule has 170 valence electrons. The molecular weight excluding hydrogens is 370 g/mol. The van der Waals surface area contributed by atoms with Crippen LogP contribution in [0.5, 0.6) is 0 Å².